The summed E-state index contributed by atoms with van der Waals surface area (Å²) in [5, 5.41) is 0. The molecule has 2 heteroatoms. The summed E-state index contributed by atoms with van der Waals surface area (Å²) in [5.74, 6) is 4.94. The van der Waals surface area contributed by atoms with E-state index >= 15 is 0 Å². The van der Waals surface area contributed by atoms with Crippen molar-refractivity contribution in [3.05, 3.63) is 114 Å². The van der Waals surface area contributed by atoms with Gasteiger partial charge in [-0.3, -0.25) is 0 Å². The first kappa shape index (κ1) is 15.5. The van der Waals surface area contributed by atoms with E-state index in [1.54, 1.807) is 0 Å². The second kappa shape index (κ2) is 7.26. The Morgan fingerprint density at radius 1 is 0.500 bits per heavy atom. The molecule has 0 aromatic heterocycles. The van der Waals surface area contributed by atoms with Crippen molar-refractivity contribution < 1.29 is 0 Å². The maximum atomic E-state index is 2.47. The fourth-order valence-corrected chi connectivity index (χ4v) is 6.29. The summed E-state index contributed by atoms with van der Waals surface area (Å²) >= 11 is -0.381. The van der Waals surface area contributed by atoms with Crippen molar-refractivity contribution in [3.63, 3.8) is 0 Å². The Morgan fingerprint density at radius 3 is 1.38 bits per heavy atom. The summed E-state index contributed by atoms with van der Waals surface area (Å²) in [6, 6.07) is 32.5. The summed E-state index contributed by atoms with van der Waals surface area (Å²) in [6.45, 7) is 0.357. The predicted molar refractivity (Wildman–Crippen MR) is 106 cm³/mol. The molecule has 0 saturated heterocycles. The first-order chi connectivity index (χ1) is 11.9. The predicted octanol–water partition coefficient (Wildman–Crippen LogP) is 4.27. The van der Waals surface area contributed by atoms with E-state index in [2.05, 4.69) is 103 Å². The van der Waals surface area contributed by atoms with Gasteiger partial charge in [0.2, 0.25) is 0 Å². The Kier molecular flexibility index (Phi) is 4.70. The Bertz CT molecular complexity index is 812. The molecule has 0 N–H and O–H groups in total. The third kappa shape index (κ3) is 3.41. The Hall–Kier alpha value is -2.01. The van der Waals surface area contributed by atoms with Gasteiger partial charge >= 0.3 is 154 Å². The third-order valence-electron chi connectivity index (χ3n) is 4.18. The molecular formula is C22H17BTe. The van der Waals surface area contributed by atoms with E-state index in [-0.39, 0.29) is 20.9 Å². The van der Waals surface area contributed by atoms with E-state index in [1.165, 1.54) is 23.8 Å². The number of hydrogen-bond acceptors (Lipinski definition) is 0. The normalized spacial score (nSPS) is 14.1. The molecule has 0 bridgehead atoms. The second-order valence-corrected chi connectivity index (χ2v) is 8.93. The molecule has 0 amide bonds. The van der Waals surface area contributed by atoms with Gasteiger partial charge in [0.15, 0.2) is 0 Å². The average molecular weight is 420 g/mol. The van der Waals surface area contributed by atoms with E-state index in [9.17, 15) is 0 Å². The van der Waals surface area contributed by atoms with Crippen molar-refractivity contribution in [1.29, 1.82) is 0 Å². The van der Waals surface area contributed by atoms with Crippen LogP contribution in [0.5, 0.6) is 0 Å². The fraction of sp³-hybridized carbons (Fsp3) is 0. The van der Waals surface area contributed by atoms with Crippen LogP contribution in [0.1, 0.15) is 11.1 Å². The molecular weight excluding hydrogens is 403 g/mol. The van der Waals surface area contributed by atoms with Crippen molar-refractivity contribution in [1.82, 2.24) is 0 Å². The zero-order chi connectivity index (χ0) is 16.2. The molecule has 24 heavy (non-hydrogen) atoms. The molecule has 1 heterocycles. The van der Waals surface area contributed by atoms with Crippen LogP contribution in [0, 0.1) is 0 Å². The van der Waals surface area contributed by atoms with Gasteiger partial charge in [-0.1, -0.05) is 0 Å². The van der Waals surface area contributed by atoms with Crippen molar-refractivity contribution in [3.8, 4) is 0 Å². The van der Waals surface area contributed by atoms with Gasteiger partial charge in [-0.25, -0.2) is 0 Å². The van der Waals surface area contributed by atoms with Crippen LogP contribution in [0.15, 0.2) is 103 Å². The van der Waals surface area contributed by atoms with Gasteiger partial charge in [0, 0.05) is 0 Å². The first-order valence-corrected chi connectivity index (χ1v) is 10.5. The summed E-state index contributed by atoms with van der Waals surface area (Å²) in [5.41, 5.74) is 4.12. The van der Waals surface area contributed by atoms with E-state index in [0.29, 0.717) is 6.71 Å². The molecule has 0 atom stereocenters. The quantitative estimate of drug-likeness (QED) is 0.556. The number of rotatable bonds is 3. The molecule has 3 aromatic carbocycles. The van der Waals surface area contributed by atoms with Crippen LogP contribution in [0.4, 0.5) is 0 Å². The van der Waals surface area contributed by atoms with E-state index in [4.69, 9.17) is 0 Å². The molecule has 3 aromatic rings. The van der Waals surface area contributed by atoms with Crippen molar-refractivity contribution in [2.24, 2.45) is 0 Å². The van der Waals surface area contributed by atoms with Crippen molar-refractivity contribution >= 4 is 40.3 Å². The maximum absolute atomic E-state index is 2.47. The van der Waals surface area contributed by atoms with Gasteiger partial charge in [0.25, 0.3) is 0 Å². The minimum atomic E-state index is -0.381. The molecule has 0 spiro atoms. The third-order valence-corrected chi connectivity index (χ3v) is 7.56. The van der Waals surface area contributed by atoms with Crippen LogP contribution in [0.3, 0.4) is 0 Å². The molecule has 114 valence electrons. The number of benzene rings is 3. The van der Waals surface area contributed by atoms with Crippen LogP contribution in [0.25, 0.3) is 7.24 Å². The van der Waals surface area contributed by atoms with Crippen molar-refractivity contribution in [2.45, 2.75) is 0 Å². The van der Waals surface area contributed by atoms with E-state index < -0.39 is 0 Å². The summed E-state index contributed by atoms with van der Waals surface area (Å²) < 4.78 is 3.08. The Morgan fingerprint density at radius 2 is 0.917 bits per heavy atom. The molecule has 0 unspecified atom stereocenters. The van der Waals surface area contributed by atoms with Gasteiger partial charge in [-0.05, 0) is 0 Å². The standard InChI is InChI=1S/C22H17BTe/c1-4-10-18(11-5-1)21-16-23(20-14-8-3-9-15-20)17-22(24-21)19-12-6-2-7-13-19/h1-17H. The zero-order valence-electron chi connectivity index (χ0n) is 13.3. The molecule has 0 radical (unpaired) electrons. The Labute approximate surface area is 154 Å². The first-order valence-electron chi connectivity index (χ1n) is 8.17. The van der Waals surface area contributed by atoms with Crippen LogP contribution >= 0.6 is 0 Å². The molecule has 4 rings (SSSR count). The molecule has 0 saturated carbocycles. The average Bonchev–Trinajstić information content (AvgIpc) is 2.70. The van der Waals surface area contributed by atoms with Crippen molar-refractivity contribution in [2.75, 3.05) is 0 Å². The summed E-state index contributed by atoms with van der Waals surface area (Å²) in [7, 11) is 0. The number of hydrogen-bond donors (Lipinski definition) is 0. The molecule has 1 aliphatic rings. The van der Waals surface area contributed by atoms with Crippen LogP contribution < -0.4 is 5.46 Å². The van der Waals surface area contributed by atoms with Gasteiger partial charge in [-0.2, -0.15) is 0 Å². The van der Waals surface area contributed by atoms with Crippen LogP contribution in [0.2, 0.25) is 0 Å². The summed E-state index contributed by atoms with van der Waals surface area (Å²) in [4.78, 5) is 0. The van der Waals surface area contributed by atoms with Crippen LogP contribution in [-0.4, -0.2) is 27.6 Å². The SMILES string of the molecule is C1=C(c2ccccc2)[Te]C(c2ccccc2)=CB1c1ccccc1. The molecule has 0 fully saturated rings. The topological polar surface area (TPSA) is 0 Å². The fourth-order valence-electron chi connectivity index (χ4n) is 2.94. The minimum absolute atomic E-state index is 0.357. The van der Waals surface area contributed by atoms with Gasteiger partial charge in [0.1, 0.15) is 0 Å². The molecule has 0 aliphatic carbocycles. The zero-order valence-corrected chi connectivity index (χ0v) is 15.6. The summed E-state index contributed by atoms with van der Waals surface area (Å²) in [6.07, 6.45) is 0. The Balaban J connectivity index is 1.78. The van der Waals surface area contributed by atoms with Gasteiger partial charge in [0.05, 0.1) is 0 Å². The molecule has 0 nitrogen and oxygen atoms in total. The van der Waals surface area contributed by atoms with Gasteiger partial charge in [-0.15, -0.1) is 0 Å². The van der Waals surface area contributed by atoms with E-state index in [0.717, 1.165) is 0 Å². The van der Waals surface area contributed by atoms with E-state index in [1.807, 2.05) is 0 Å². The van der Waals surface area contributed by atoms with Gasteiger partial charge < -0.3 is 0 Å². The molecule has 1 aliphatic heterocycles. The van der Waals surface area contributed by atoms with Crippen LogP contribution in [-0.2, 0) is 0 Å². The monoisotopic (exact) mass is 422 g/mol. The second-order valence-electron chi connectivity index (χ2n) is 5.83.